The summed E-state index contributed by atoms with van der Waals surface area (Å²) in [6.07, 6.45) is 1.81. The molecule has 0 bridgehead atoms. The van der Waals surface area contributed by atoms with Crippen LogP contribution in [0.4, 0.5) is 5.69 Å². The van der Waals surface area contributed by atoms with Gasteiger partial charge in [-0.1, -0.05) is 44.2 Å². The lowest BCUT2D eigenvalue weighted by molar-refractivity contribution is 0.102. The third-order valence-electron chi connectivity index (χ3n) is 4.91. The zero-order chi connectivity index (χ0) is 22.2. The van der Waals surface area contributed by atoms with Crippen molar-refractivity contribution in [3.63, 3.8) is 0 Å². The summed E-state index contributed by atoms with van der Waals surface area (Å²) < 4.78 is 13.5. The monoisotopic (exact) mass is 421 g/mol. The summed E-state index contributed by atoms with van der Waals surface area (Å²) in [6.45, 7) is 9.73. The summed E-state index contributed by atoms with van der Waals surface area (Å²) >= 11 is 0. The van der Waals surface area contributed by atoms with Crippen LogP contribution in [-0.2, 0) is 6.54 Å². The number of hydrogen-bond donors (Lipinski definition) is 1. The van der Waals surface area contributed by atoms with E-state index in [-0.39, 0.29) is 5.91 Å². The fourth-order valence-corrected chi connectivity index (χ4v) is 3.37. The summed E-state index contributed by atoms with van der Waals surface area (Å²) in [5.74, 6) is 1.15. The van der Waals surface area contributed by atoms with Crippen LogP contribution in [-0.4, -0.2) is 28.9 Å². The molecule has 0 radical (unpaired) electrons. The molecule has 6 heteroatoms. The minimum atomic E-state index is -0.182. The van der Waals surface area contributed by atoms with Crippen molar-refractivity contribution in [1.82, 2.24) is 9.78 Å². The molecular weight excluding hydrogens is 390 g/mol. The summed E-state index contributed by atoms with van der Waals surface area (Å²) in [5.41, 5.74) is 3.94. The molecule has 1 aromatic heterocycles. The second kappa shape index (κ2) is 10.7. The Kier molecular flexibility index (Phi) is 7.70. The normalized spacial score (nSPS) is 10.7. The predicted molar refractivity (Wildman–Crippen MR) is 123 cm³/mol. The van der Waals surface area contributed by atoms with E-state index in [4.69, 9.17) is 9.47 Å². The molecule has 1 amide bonds. The van der Waals surface area contributed by atoms with Crippen LogP contribution in [0.1, 0.15) is 54.0 Å². The molecule has 0 unspecified atom stereocenters. The summed E-state index contributed by atoms with van der Waals surface area (Å²) in [7, 11) is 0. The number of nitrogens with zero attached hydrogens (tertiary/aromatic N) is 2. The van der Waals surface area contributed by atoms with Gasteiger partial charge in [-0.25, -0.2) is 0 Å². The second-order valence-electron chi connectivity index (χ2n) is 7.50. The molecular formula is C25H31N3O3. The standard InChI is InChI=1S/C25H31N3O3/c1-5-14-30-22-13-12-21(16-23(22)31-15-6-2)26-25(29)24-18(3)27-28(19(24)4)17-20-10-8-7-9-11-20/h7-13,16H,5-6,14-15,17H2,1-4H3,(H,26,29). The molecule has 1 heterocycles. The quantitative estimate of drug-likeness (QED) is 0.477. The first-order valence-corrected chi connectivity index (χ1v) is 10.8. The van der Waals surface area contributed by atoms with Crippen LogP contribution < -0.4 is 14.8 Å². The first-order chi connectivity index (χ1) is 15.0. The zero-order valence-electron chi connectivity index (χ0n) is 18.8. The Balaban J connectivity index is 1.79. The molecule has 0 aliphatic rings. The maximum atomic E-state index is 13.1. The van der Waals surface area contributed by atoms with Crippen LogP contribution in [0.3, 0.4) is 0 Å². The van der Waals surface area contributed by atoms with Crippen molar-refractivity contribution < 1.29 is 14.3 Å². The van der Waals surface area contributed by atoms with E-state index in [1.807, 2.05) is 54.9 Å². The van der Waals surface area contributed by atoms with Gasteiger partial charge >= 0.3 is 0 Å². The van der Waals surface area contributed by atoms with Gasteiger partial charge < -0.3 is 14.8 Å². The molecule has 3 aromatic rings. The summed E-state index contributed by atoms with van der Waals surface area (Å²) in [5, 5.41) is 7.57. The SMILES string of the molecule is CCCOc1ccc(NC(=O)c2c(C)nn(Cc3ccccc3)c2C)cc1OCCC. The van der Waals surface area contributed by atoms with Gasteiger partial charge in [-0.2, -0.15) is 5.10 Å². The Morgan fingerprint density at radius 1 is 0.968 bits per heavy atom. The van der Waals surface area contributed by atoms with E-state index in [0.29, 0.717) is 48.2 Å². The highest BCUT2D eigenvalue weighted by atomic mass is 16.5. The molecule has 0 fully saturated rings. The number of carbonyl (C=O) groups is 1. The summed E-state index contributed by atoms with van der Waals surface area (Å²) in [6, 6.07) is 15.6. The highest BCUT2D eigenvalue weighted by molar-refractivity contribution is 6.06. The minimum absolute atomic E-state index is 0.182. The van der Waals surface area contributed by atoms with Gasteiger partial charge in [0.25, 0.3) is 5.91 Å². The number of nitrogens with one attached hydrogen (secondary N) is 1. The van der Waals surface area contributed by atoms with Gasteiger partial charge in [0.2, 0.25) is 0 Å². The van der Waals surface area contributed by atoms with E-state index < -0.39 is 0 Å². The topological polar surface area (TPSA) is 65.4 Å². The molecule has 2 aromatic carbocycles. The van der Waals surface area contributed by atoms with Crippen molar-refractivity contribution in [3.8, 4) is 11.5 Å². The van der Waals surface area contributed by atoms with E-state index in [0.717, 1.165) is 24.1 Å². The Labute approximate surface area is 184 Å². The number of ether oxygens (including phenoxy) is 2. The van der Waals surface area contributed by atoms with Crippen LogP contribution in [0.15, 0.2) is 48.5 Å². The molecule has 164 valence electrons. The molecule has 0 saturated heterocycles. The van der Waals surface area contributed by atoms with Crippen molar-refractivity contribution >= 4 is 11.6 Å². The van der Waals surface area contributed by atoms with Gasteiger partial charge in [-0.3, -0.25) is 9.48 Å². The molecule has 0 atom stereocenters. The highest BCUT2D eigenvalue weighted by Gasteiger charge is 2.19. The van der Waals surface area contributed by atoms with Crippen LogP contribution in [0.2, 0.25) is 0 Å². The van der Waals surface area contributed by atoms with Crippen molar-refractivity contribution in [2.75, 3.05) is 18.5 Å². The zero-order valence-corrected chi connectivity index (χ0v) is 18.8. The van der Waals surface area contributed by atoms with Crippen molar-refractivity contribution in [1.29, 1.82) is 0 Å². The van der Waals surface area contributed by atoms with Crippen molar-refractivity contribution in [2.24, 2.45) is 0 Å². The molecule has 6 nitrogen and oxygen atoms in total. The van der Waals surface area contributed by atoms with Crippen LogP contribution in [0.5, 0.6) is 11.5 Å². The average molecular weight is 422 g/mol. The number of carbonyl (C=O) groups excluding carboxylic acids is 1. The van der Waals surface area contributed by atoms with Crippen LogP contribution >= 0.6 is 0 Å². The molecule has 0 spiro atoms. The predicted octanol–water partition coefficient (Wildman–Crippen LogP) is 5.38. The molecule has 0 aliphatic carbocycles. The maximum Gasteiger partial charge on any atom is 0.259 e. The van der Waals surface area contributed by atoms with Crippen molar-refractivity contribution in [3.05, 3.63) is 71.0 Å². The first-order valence-electron chi connectivity index (χ1n) is 10.8. The van der Waals surface area contributed by atoms with Gasteiger partial charge in [-0.15, -0.1) is 0 Å². The lowest BCUT2D eigenvalue weighted by Gasteiger charge is -2.14. The Bertz CT molecular complexity index is 1010. The van der Waals surface area contributed by atoms with E-state index in [1.165, 1.54) is 0 Å². The number of aromatic nitrogens is 2. The number of amides is 1. The largest absolute Gasteiger partial charge is 0.490 e. The fraction of sp³-hybridized carbons (Fsp3) is 0.360. The number of aryl methyl sites for hydroxylation is 1. The van der Waals surface area contributed by atoms with Crippen LogP contribution in [0.25, 0.3) is 0 Å². The fourth-order valence-electron chi connectivity index (χ4n) is 3.37. The number of benzene rings is 2. The van der Waals surface area contributed by atoms with E-state index in [1.54, 1.807) is 0 Å². The molecule has 1 N–H and O–H groups in total. The summed E-state index contributed by atoms with van der Waals surface area (Å²) in [4.78, 5) is 13.1. The molecule has 0 saturated carbocycles. The maximum absolute atomic E-state index is 13.1. The Hall–Kier alpha value is -3.28. The average Bonchev–Trinajstić information content (AvgIpc) is 3.05. The smallest absolute Gasteiger partial charge is 0.259 e. The Morgan fingerprint density at radius 3 is 2.32 bits per heavy atom. The molecule has 0 aliphatic heterocycles. The number of rotatable bonds is 10. The van der Waals surface area contributed by atoms with Crippen LogP contribution in [0, 0.1) is 13.8 Å². The first kappa shape index (κ1) is 22.4. The highest BCUT2D eigenvalue weighted by Crippen LogP contribution is 2.31. The lowest BCUT2D eigenvalue weighted by atomic mass is 10.1. The van der Waals surface area contributed by atoms with Gasteiger partial charge in [0.1, 0.15) is 0 Å². The van der Waals surface area contributed by atoms with Gasteiger partial charge in [0.15, 0.2) is 11.5 Å². The van der Waals surface area contributed by atoms with Gasteiger partial charge in [0, 0.05) is 17.4 Å². The second-order valence-corrected chi connectivity index (χ2v) is 7.50. The molecule has 3 rings (SSSR count). The van der Waals surface area contributed by atoms with E-state index in [2.05, 4.69) is 36.4 Å². The third kappa shape index (κ3) is 5.66. The van der Waals surface area contributed by atoms with Crippen molar-refractivity contribution in [2.45, 2.75) is 47.1 Å². The Morgan fingerprint density at radius 2 is 1.65 bits per heavy atom. The van der Waals surface area contributed by atoms with Gasteiger partial charge in [0.05, 0.1) is 31.0 Å². The minimum Gasteiger partial charge on any atom is -0.490 e. The third-order valence-corrected chi connectivity index (χ3v) is 4.91. The lowest BCUT2D eigenvalue weighted by Crippen LogP contribution is -2.14. The number of anilines is 1. The van der Waals surface area contributed by atoms with Gasteiger partial charge in [-0.05, 0) is 44.4 Å². The van der Waals surface area contributed by atoms with E-state index in [9.17, 15) is 4.79 Å². The van der Waals surface area contributed by atoms with E-state index >= 15 is 0 Å². The number of hydrogen-bond acceptors (Lipinski definition) is 4. The molecule has 31 heavy (non-hydrogen) atoms.